The van der Waals surface area contributed by atoms with Crippen LogP contribution in [0.15, 0.2) is 103 Å². The first kappa shape index (κ1) is 30.8. The van der Waals surface area contributed by atoms with Crippen molar-refractivity contribution in [1.82, 2.24) is 4.98 Å². The van der Waals surface area contributed by atoms with Crippen LogP contribution in [0.4, 0.5) is 0 Å². The van der Waals surface area contributed by atoms with Gasteiger partial charge >= 0.3 is 0 Å². The number of rotatable bonds is 19. The predicted molar refractivity (Wildman–Crippen MR) is 174 cm³/mol. The molecule has 4 rings (SSSR count). The SMILES string of the molecule is CCCCCCCCCCCCCC(c1[nH]cc[n+]1Cc1ccccc1)C(C)(Cc1ccccc1)c1ccccc1. The van der Waals surface area contributed by atoms with Gasteiger partial charge in [-0.05, 0) is 29.5 Å². The fourth-order valence-electron chi connectivity index (χ4n) is 6.63. The minimum absolute atomic E-state index is 0.0373. The Bertz CT molecular complexity index is 1210. The molecule has 1 heterocycles. The van der Waals surface area contributed by atoms with E-state index < -0.39 is 0 Å². The minimum atomic E-state index is -0.0373. The average Bonchev–Trinajstić information content (AvgIpc) is 3.46. The summed E-state index contributed by atoms with van der Waals surface area (Å²) in [6.45, 7) is 5.70. The number of imidazole rings is 1. The highest BCUT2D eigenvalue weighted by molar-refractivity contribution is 5.32. The van der Waals surface area contributed by atoms with Crippen molar-refractivity contribution in [1.29, 1.82) is 0 Å². The monoisotopic (exact) mass is 549 g/mol. The van der Waals surface area contributed by atoms with Gasteiger partial charge in [-0.3, -0.25) is 0 Å². The lowest BCUT2D eigenvalue weighted by atomic mass is 9.66. The van der Waals surface area contributed by atoms with Crippen LogP contribution in [0.1, 0.15) is 119 Å². The van der Waals surface area contributed by atoms with E-state index in [1.807, 2.05) is 0 Å². The Morgan fingerprint density at radius 3 is 1.73 bits per heavy atom. The maximum absolute atomic E-state index is 3.74. The van der Waals surface area contributed by atoms with Crippen LogP contribution < -0.4 is 4.57 Å². The third-order valence-corrected chi connectivity index (χ3v) is 9.03. The van der Waals surface area contributed by atoms with E-state index in [0.717, 1.165) is 13.0 Å². The van der Waals surface area contributed by atoms with E-state index in [0.29, 0.717) is 5.92 Å². The second-order valence-corrected chi connectivity index (χ2v) is 12.3. The zero-order valence-electron chi connectivity index (χ0n) is 25.7. The highest BCUT2D eigenvalue weighted by atomic mass is 15.1. The Kier molecular flexibility index (Phi) is 12.8. The summed E-state index contributed by atoms with van der Waals surface area (Å²) in [5.41, 5.74) is 4.14. The Morgan fingerprint density at radius 2 is 1.15 bits per heavy atom. The van der Waals surface area contributed by atoms with E-state index in [4.69, 9.17) is 0 Å². The van der Waals surface area contributed by atoms with E-state index in [1.54, 1.807) is 0 Å². The Hall–Kier alpha value is -3.13. The van der Waals surface area contributed by atoms with Crippen LogP contribution in [0.2, 0.25) is 0 Å². The van der Waals surface area contributed by atoms with E-state index in [9.17, 15) is 0 Å². The summed E-state index contributed by atoms with van der Waals surface area (Å²) in [4.78, 5) is 3.74. The van der Waals surface area contributed by atoms with Gasteiger partial charge in [-0.2, -0.15) is 0 Å². The van der Waals surface area contributed by atoms with E-state index in [2.05, 4.69) is 127 Å². The average molecular weight is 550 g/mol. The Labute approximate surface area is 250 Å². The van der Waals surface area contributed by atoms with Crippen molar-refractivity contribution in [3.05, 3.63) is 126 Å². The smallest absolute Gasteiger partial charge is 0.247 e. The van der Waals surface area contributed by atoms with Crippen molar-refractivity contribution >= 4 is 0 Å². The van der Waals surface area contributed by atoms with Gasteiger partial charge in [0.1, 0.15) is 18.9 Å². The molecule has 0 fully saturated rings. The minimum Gasteiger partial charge on any atom is -0.247 e. The largest absolute Gasteiger partial charge is 0.258 e. The number of nitrogens with zero attached hydrogens (tertiary/aromatic N) is 1. The number of aromatic amines is 1. The number of benzene rings is 3. The lowest BCUT2D eigenvalue weighted by Gasteiger charge is -2.37. The predicted octanol–water partition coefficient (Wildman–Crippen LogP) is 10.3. The molecule has 2 atom stereocenters. The van der Waals surface area contributed by atoms with Crippen molar-refractivity contribution in [2.75, 3.05) is 0 Å². The number of nitrogens with one attached hydrogen (secondary N) is 1. The molecule has 4 aromatic rings. The molecule has 0 aliphatic carbocycles. The van der Waals surface area contributed by atoms with Crippen LogP contribution >= 0.6 is 0 Å². The zero-order valence-corrected chi connectivity index (χ0v) is 25.7. The molecular formula is C39H53N2+. The van der Waals surface area contributed by atoms with Crippen LogP contribution in [0, 0.1) is 0 Å². The first-order chi connectivity index (χ1) is 20.2. The molecule has 0 amide bonds. The molecule has 41 heavy (non-hydrogen) atoms. The number of H-pyrrole nitrogens is 1. The van der Waals surface area contributed by atoms with Gasteiger partial charge in [0.05, 0.1) is 5.92 Å². The molecule has 0 saturated carbocycles. The summed E-state index contributed by atoms with van der Waals surface area (Å²) in [6, 6.07) is 33.2. The first-order valence-corrected chi connectivity index (χ1v) is 16.4. The molecule has 0 aliphatic rings. The van der Waals surface area contributed by atoms with Gasteiger partial charge in [-0.25, -0.2) is 9.55 Å². The van der Waals surface area contributed by atoms with Gasteiger partial charge < -0.3 is 0 Å². The van der Waals surface area contributed by atoms with Crippen molar-refractivity contribution in [2.24, 2.45) is 0 Å². The molecule has 218 valence electrons. The molecule has 1 N–H and O–H groups in total. The molecule has 2 unspecified atom stereocenters. The number of hydrogen-bond acceptors (Lipinski definition) is 0. The molecule has 2 heteroatoms. The normalized spacial score (nSPS) is 13.6. The fourth-order valence-corrected chi connectivity index (χ4v) is 6.63. The summed E-state index contributed by atoms with van der Waals surface area (Å²) in [7, 11) is 0. The van der Waals surface area contributed by atoms with Crippen molar-refractivity contribution in [3.63, 3.8) is 0 Å². The quantitative estimate of drug-likeness (QED) is 0.0886. The van der Waals surface area contributed by atoms with Crippen LogP contribution in [0.25, 0.3) is 0 Å². The molecule has 0 spiro atoms. The molecule has 2 nitrogen and oxygen atoms in total. The van der Waals surface area contributed by atoms with Crippen molar-refractivity contribution in [3.8, 4) is 0 Å². The van der Waals surface area contributed by atoms with E-state index in [1.165, 1.54) is 99.6 Å². The third kappa shape index (κ3) is 9.45. The van der Waals surface area contributed by atoms with E-state index in [-0.39, 0.29) is 5.41 Å². The van der Waals surface area contributed by atoms with Crippen LogP contribution in [-0.4, -0.2) is 4.98 Å². The van der Waals surface area contributed by atoms with Crippen LogP contribution in [-0.2, 0) is 18.4 Å². The molecule has 0 bridgehead atoms. The maximum atomic E-state index is 3.74. The number of aromatic nitrogens is 2. The fraction of sp³-hybridized carbons (Fsp3) is 0.462. The maximum Gasteiger partial charge on any atom is 0.258 e. The molecule has 0 saturated heterocycles. The van der Waals surface area contributed by atoms with Gasteiger partial charge in [-0.1, -0.05) is 175 Å². The van der Waals surface area contributed by atoms with Gasteiger partial charge in [0, 0.05) is 5.41 Å². The second kappa shape index (κ2) is 17.0. The van der Waals surface area contributed by atoms with E-state index >= 15 is 0 Å². The summed E-state index contributed by atoms with van der Waals surface area (Å²) in [6.07, 6.45) is 21.7. The van der Waals surface area contributed by atoms with Crippen LogP contribution in [0.5, 0.6) is 0 Å². The summed E-state index contributed by atoms with van der Waals surface area (Å²) >= 11 is 0. The van der Waals surface area contributed by atoms with Gasteiger partial charge in [-0.15, -0.1) is 0 Å². The lowest BCUT2D eigenvalue weighted by molar-refractivity contribution is -0.696. The Morgan fingerprint density at radius 1 is 0.634 bits per heavy atom. The van der Waals surface area contributed by atoms with Gasteiger partial charge in [0.15, 0.2) is 0 Å². The topological polar surface area (TPSA) is 19.7 Å². The Balaban J connectivity index is 1.51. The second-order valence-electron chi connectivity index (χ2n) is 12.3. The molecule has 0 aliphatic heterocycles. The molecule has 0 radical (unpaired) electrons. The molecule has 1 aromatic heterocycles. The zero-order chi connectivity index (χ0) is 28.6. The number of unbranched alkanes of at least 4 members (excludes halogenated alkanes) is 10. The van der Waals surface area contributed by atoms with Gasteiger partial charge in [0.2, 0.25) is 0 Å². The highest BCUT2D eigenvalue weighted by Crippen LogP contribution is 2.43. The third-order valence-electron chi connectivity index (χ3n) is 9.03. The lowest BCUT2D eigenvalue weighted by Crippen LogP contribution is -2.44. The summed E-state index contributed by atoms with van der Waals surface area (Å²) in [5, 5.41) is 0. The summed E-state index contributed by atoms with van der Waals surface area (Å²) in [5.74, 6) is 1.73. The standard InChI is InChI=1S/C39H52N2/c1-3-4-5-6-7-8-9-10-11-12-22-29-37(38-40-30-31-41(38)33-35-25-18-14-19-26-35)39(2,36-27-20-15-21-28-36)32-34-23-16-13-17-24-34/h13-21,23-28,30-31,37H,3-12,22,29,32-33H2,1-2H3/p+1. The number of hydrogen-bond donors (Lipinski definition) is 1. The van der Waals surface area contributed by atoms with Gasteiger partial charge in [0.25, 0.3) is 5.82 Å². The van der Waals surface area contributed by atoms with Crippen LogP contribution in [0.3, 0.4) is 0 Å². The first-order valence-electron chi connectivity index (χ1n) is 16.4. The van der Waals surface area contributed by atoms with Crippen molar-refractivity contribution in [2.45, 2.75) is 115 Å². The van der Waals surface area contributed by atoms with Crippen molar-refractivity contribution < 1.29 is 4.57 Å². The molecule has 3 aromatic carbocycles. The summed E-state index contributed by atoms with van der Waals surface area (Å²) < 4.78 is 2.46. The molecular weight excluding hydrogens is 496 g/mol. The highest BCUT2D eigenvalue weighted by Gasteiger charge is 2.42.